The monoisotopic (exact) mass is 323 g/mol. The fourth-order valence-electron chi connectivity index (χ4n) is 3.03. The van der Waals surface area contributed by atoms with E-state index >= 15 is 0 Å². The maximum Gasteiger partial charge on any atom is 0.435 e. The first-order chi connectivity index (χ1) is 10.8. The minimum Gasteiger partial charge on any atom is -0.312 e. The quantitative estimate of drug-likeness (QED) is 0.852. The number of carbonyl (C=O) groups excluding carboxylic acids is 1. The number of hydrogen-bond acceptors (Lipinski definition) is 2. The van der Waals surface area contributed by atoms with Gasteiger partial charge >= 0.3 is 6.18 Å². The van der Waals surface area contributed by atoms with Crippen LogP contribution in [-0.2, 0) is 30.9 Å². The van der Waals surface area contributed by atoms with Crippen LogP contribution < -0.4 is 4.90 Å². The summed E-state index contributed by atoms with van der Waals surface area (Å²) in [6.07, 6.45) is -2.88. The standard InChI is InChI=1S/C16H16F3N3O/c1-10-4-3-5-13-12(10)6-7-22(13)14(23)8-11-9-21(2)20-15(11)16(17,18)19/h3-5,9H,6-8H2,1-2H3. The Hall–Kier alpha value is -2.31. The molecule has 2 aromatic rings. The zero-order valence-electron chi connectivity index (χ0n) is 12.8. The van der Waals surface area contributed by atoms with E-state index in [9.17, 15) is 18.0 Å². The maximum atomic E-state index is 13.0. The number of carbonyl (C=O) groups is 1. The first kappa shape index (κ1) is 15.6. The molecule has 2 heterocycles. The summed E-state index contributed by atoms with van der Waals surface area (Å²) in [6, 6.07) is 5.65. The predicted molar refractivity (Wildman–Crippen MR) is 79.2 cm³/mol. The number of fused-ring (bicyclic) bond motifs is 1. The van der Waals surface area contributed by atoms with Crippen LogP contribution in [-0.4, -0.2) is 22.2 Å². The van der Waals surface area contributed by atoms with Crippen molar-refractivity contribution in [3.05, 3.63) is 46.8 Å². The number of rotatable bonds is 2. The van der Waals surface area contributed by atoms with Gasteiger partial charge in [0.25, 0.3) is 0 Å². The summed E-state index contributed by atoms with van der Waals surface area (Å²) in [5.74, 6) is -0.340. The van der Waals surface area contributed by atoms with Gasteiger partial charge in [0.2, 0.25) is 5.91 Å². The largest absolute Gasteiger partial charge is 0.435 e. The number of hydrogen-bond donors (Lipinski definition) is 0. The van der Waals surface area contributed by atoms with E-state index in [4.69, 9.17) is 0 Å². The fraction of sp³-hybridized carbons (Fsp3) is 0.375. The average molecular weight is 323 g/mol. The summed E-state index contributed by atoms with van der Waals surface area (Å²) in [6.45, 7) is 2.47. The van der Waals surface area contributed by atoms with Gasteiger partial charge < -0.3 is 4.90 Å². The Morgan fingerprint density at radius 2 is 2.09 bits per heavy atom. The second kappa shape index (κ2) is 5.40. The first-order valence-electron chi connectivity index (χ1n) is 7.26. The van der Waals surface area contributed by atoms with Gasteiger partial charge in [0.15, 0.2) is 5.69 Å². The summed E-state index contributed by atoms with van der Waals surface area (Å²) < 4.78 is 40.0. The van der Waals surface area contributed by atoms with E-state index in [1.165, 1.54) is 13.2 Å². The molecule has 0 saturated heterocycles. The van der Waals surface area contributed by atoms with E-state index in [1.807, 2.05) is 25.1 Å². The molecule has 0 saturated carbocycles. The Bertz CT molecular complexity index is 764. The number of halogens is 3. The van der Waals surface area contributed by atoms with Gasteiger partial charge in [0, 0.05) is 31.0 Å². The van der Waals surface area contributed by atoms with Gasteiger partial charge in [-0.3, -0.25) is 9.48 Å². The van der Waals surface area contributed by atoms with Crippen LogP contribution in [0.4, 0.5) is 18.9 Å². The van der Waals surface area contributed by atoms with Crippen molar-refractivity contribution in [1.29, 1.82) is 0 Å². The van der Waals surface area contributed by atoms with E-state index in [-0.39, 0.29) is 17.9 Å². The molecule has 122 valence electrons. The normalized spacial score (nSPS) is 14.2. The van der Waals surface area contributed by atoms with E-state index in [0.717, 1.165) is 27.9 Å². The predicted octanol–water partition coefficient (Wildman–Crippen LogP) is 2.88. The topological polar surface area (TPSA) is 38.1 Å². The third kappa shape index (κ3) is 2.83. The van der Waals surface area contributed by atoms with Crippen molar-refractivity contribution in [3.8, 4) is 0 Å². The Morgan fingerprint density at radius 1 is 1.35 bits per heavy atom. The molecule has 1 aromatic heterocycles. The van der Waals surface area contributed by atoms with Crippen LogP contribution in [0, 0.1) is 6.92 Å². The van der Waals surface area contributed by atoms with Crippen LogP contribution >= 0.6 is 0 Å². The minimum absolute atomic E-state index is 0.0916. The Kier molecular flexibility index (Phi) is 3.66. The lowest BCUT2D eigenvalue weighted by Crippen LogP contribution is -2.30. The van der Waals surface area contributed by atoms with Gasteiger partial charge in [-0.2, -0.15) is 18.3 Å². The van der Waals surface area contributed by atoms with Crippen molar-refractivity contribution in [3.63, 3.8) is 0 Å². The molecule has 1 aliphatic rings. The van der Waals surface area contributed by atoms with Crippen molar-refractivity contribution in [2.45, 2.75) is 25.9 Å². The SMILES string of the molecule is Cc1cccc2c1CCN2C(=O)Cc1cn(C)nc1C(F)(F)F. The zero-order valence-corrected chi connectivity index (χ0v) is 12.8. The number of nitrogens with zero attached hydrogens (tertiary/aromatic N) is 3. The molecule has 0 unspecified atom stereocenters. The molecule has 0 aliphatic carbocycles. The van der Waals surface area contributed by atoms with Crippen molar-refractivity contribution in [2.24, 2.45) is 7.05 Å². The van der Waals surface area contributed by atoms with Crippen LogP contribution in [0.1, 0.15) is 22.4 Å². The van der Waals surface area contributed by atoms with Crippen molar-refractivity contribution in [1.82, 2.24) is 9.78 Å². The van der Waals surface area contributed by atoms with Crippen LogP contribution in [0.2, 0.25) is 0 Å². The summed E-state index contributed by atoms with van der Waals surface area (Å²) >= 11 is 0. The molecular formula is C16H16F3N3O. The molecule has 7 heteroatoms. The van der Waals surface area contributed by atoms with Crippen LogP contribution in [0.3, 0.4) is 0 Å². The van der Waals surface area contributed by atoms with Crippen LogP contribution in [0.5, 0.6) is 0 Å². The summed E-state index contributed by atoms with van der Waals surface area (Å²) in [7, 11) is 1.41. The lowest BCUT2D eigenvalue weighted by Gasteiger charge is -2.17. The smallest absolute Gasteiger partial charge is 0.312 e. The Labute approximate surface area is 131 Å². The van der Waals surface area contributed by atoms with Crippen LogP contribution in [0.25, 0.3) is 0 Å². The number of aromatic nitrogens is 2. The zero-order chi connectivity index (χ0) is 16.8. The van der Waals surface area contributed by atoms with E-state index < -0.39 is 11.9 Å². The minimum atomic E-state index is -4.56. The van der Waals surface area contributed by atoms with Crippen molar-refractivity contribution < 1.29 is 18.0 Å². The third-order valence-electron chi connectivity index (χ3n) is 4.08. The van der Waals surface area contributed by atoms with E-state index in [2.05, 4.69) is 5.10 Å². The average Bonchev–Trinajstić information content (AvgIpc) is 3.02. The fourth-order valence-corrected chi connectivity index (χ4v) is 3.03. The second-order valence-corrected chi connectivity index (χ2v) is 5.72. The molecule has 0 atom stereocenters. The highest BCUT2D eigenvalue weighted by molar-refractivity contribution is 5.97. The molecule has 4 nitrogen and oxygen atoms in total. The molecule has 3 rings (SSSR count). The molecule has 0 fully saturated rings. The van der Waals surface area contributed by atoms with Gasteiger partial charge in [-0.15, -0.1) is 0 Å². The van der Waals surface area contributed by atoms with Gasteiger partial charge in [0.1, 0.15) is 0 Å². The molecule has 0 bridgehead atoms. The Balaban J connectivity index is 1.87. The highest BCUT2D eigenvalue weighted by Crippen LogP contribution is 2.33. The van der Waals surface area contributed by atoms with Gasteiger partial charge in [-0.05, 0) is 30.5 Å². The molecule has 0 spiro atoms. The number of benzene rings is 1. The number of amides is 1. The molecule has 0 N–H and O–H groups in total. The highest BCUT2D eigenvalue weighted by atomic mass is 19.4. The summed E-state index contributed by atoms with van der Waals surface area (Å²) in [5.41, 5.74) is 1.90. The molecule has 1 aromatic carbocycles. The van der Waals surface area contributed by atoms with Crippen LogP contribution in [0.15, 0.2) is 24.4 Å². The second-order valence-electron chi connectivity index (χ2n) is 5.72. The number of aryl methyl sites for hydroxylation is 2. The Morgan fingerprint density at radius 3 is 2.78 bits per heavy atom. The van der Waals surface area contributed by atoms with Gasteiger partial charge in [-0.25, -0.2) is 0 Å². The van der Waals surface area contributed by atoms with Gasteiger partial charge in [0.05, 0.1) is 6.42 Å². The molecule has 0 radical (unpaired) electrons. The molecule has 1 aliphatic heterocycles. The van der Waals surface area contributed by atoms with Crippen molar-refractivity contribution in [2.75, 3.05) is 11.4 Å². The molecule has 1 amide bonds. The first-order valence-corrected chi connectivity index (χ1v) is 7.26. The number of alkyl halides is 3. The highest BCUT2D eigenvalue weighted by Gasteiger charge is 2.38. The van der Waals surface area contributed by atoms with E-state index in [0.29, 0.717) is 6.54 Å². The summed E-state index contributed by atoms with van der Waals surface area (Å²) in [5, 5.41) is 3.44. The number of anilines is 1. The lowest BCUT2D eigenvalue weighted by molar-refractivity contribution is -0.142. The summed E-state index contributed by atoms with van der Waals surface area (Å²) in [4.78, 5) is 14.1. The maximum absolute atomic E-state index is 13.0. The third-order valence-corrected chi connectivity index (χ3v) is 4.08. The molecular weight excluding hydrogens is 307 g/mol. The van der Waals surface area contributed by atoms with Crippen molar-refractivity contribution >= 4 is 11.6 Å². The lowest BCUT2D eigenvalue weighted by atomic mass is 10.1. The van der Waals surface area contributed by atoms with Gasteiger partial charge in [-0.1, -0.05) is 12.1 Å². The molecule has 23 heavy (non-hydrogen) atoms. The van der Waals surface area contributed by atoms with E-state index in [1.54, 1.807) is 4.90 Å².